The first-order valence-corrected chi connectivity index (χ1v) is 12.8. The minimum atomic E-state index is -0.255. The Bertz CT molecular complexity index is 1390. The van der Waals surface area contributed by atoms with Crippen molar-refractivity contribution >= 4 is 34.2 Å². The second-order valence-electron chi connectivity index (χ2n) is 9.24. The molecule has 36 heavy (non-hydrogen) atoms. The highest BCUT2D eigenvalue weighted by Crippen LogP contribution is 2.23. The number of carbonyl (C=O) groups excluding carboxylic acids is 2. The molecule has 2 amide bonds. The van der Waals surface area contributed by atoms with Crippen molar-refractivity contribution in [1.29, 1.82) is 0 Å². The van der Waals surface area contributed by atoms with Crippen LogP contribution in [0, 0.1) is 5.82 Å². The number of pyridine rings is 1. The fraction of sp³-hybridized carbons (Fsp3) is 0.308. The number of thiazole rings is 1. The van der Waals surface area contributed by atoms with E-state index < -0.39 is 0 Å². The lowest BCUT2D eigenvalue weighted by Crippen LogP contribution is -2.64. The van der Waals surface area contributed by atoms with E-state index in [0.717, 1.165) is 29.7 Å². The number of hydrogen-bond donors (Lipinski definition) is 0. The first-order chi connectivity index (χ1) is 17.5. The summed E-state index contributed by atoms with van der Waals surface area (Å²) in [6, 6.07) is 10.6. The summed E-state index contributed by atoms with van der Waals surface area (Å²) in [4.78, 5) is 40.3. The largest absolute Gasteiger partial charge is 0.335 e. The van der Waals surface area contributed by atoms with Crippen LogP contribution in [0.15, 0.2) is 60.4 Å². The zero-order chi connectivity index (χ0) is 24.6. The van der Waals surface area contributed by atoms with Gasteiger partial charge in [0.2, 0.25) is 0 Å². The summed E-state index contributed by atoms with van der Waals surface area (Å²) in [6.07, 6.45) is 5.24. The minimum absolute atomic E-state index is 0.00412. The third-order valence-corrected chi connectivity index (χ3v) is 7.76. The third kappa shape index (κ3) is 4.38. The Morgan fingerprint density at radius 1 is 0.972 bits per heavy atom. The average molecular weight is 505 g/mol. The Hall–Kier alpha value is -3.63. The van der Waals surface area contributed by atoms with Crippen LogP contribution in [0.5, 0.6) is 0 Å². The van der Waals surface area contributed by atoms with Crippen LogP contribution in [-0.2, 0) is 6.54 Å². The van der Waals surface area contributed by atoms with Gasteiger partial charge in [-0.3, -0.25) is 14.5 Å². The van der Waals surface area contributed by atoms with Crippen molar-refractivity contribution < 1.29 is 14.0 Å². The summed E-state index contributed by atoms with van der Waals surface area (Å²) < 4.78 is 15.2. The van der Waals surface area contributed by atoms with Crippen molar-refractivity contribution in [3.63, 3.8) is 0 Å². The summed E-state index contributed by atoms with van der Waals surface area (Å²) in [5.74, 6) is -0.261. The fourth-order valence-corrected chi connectivity index (χ4v) is 5.50. The highest BCUT2D eigenvalue weighted by molar-refractivity contribution is 7.11. The summed E-state index contributed by atoms with van der Waals surface area (Å²) in [5, 5.41) is 3.27. The number of amides is 2. The van der Waals surface area contributed by atoms with E-state index in [4.69, 9.17) is 0 Å². The molecule has 3 aromatic heterocycles. The average Bonchev–Trinajstić information content (AvgIpc) is 3.55. The van der Waals surface area contributed by atoms with Gasteiger partial charge in [-0.2, -0.15) is 0 Å². The molecule has 0 bridgehead atoms. The van der Waals surface area contributed by atoms with Gasteiger partial charge in [-0.05, 0) is 29.8 Å². The molecule has 0 aliphatic carbocycles. The molecule has 10 heteroatoms. The van der Waals surface area contributed by atoms with E-state index in [2.05, 4.69) is 14.9 Å². The van der Waals surface area contributed by atoms with Crippen LogP contribution >= 0.6 is 11.3 Å². The lowest BCUT2D eigenvalue weighted by molar-refractivity contribution is 0.00852. The van der Waals surface area contributed by atoms with Gasteiger partial charge in [0.15, 0.2) is 5.01 Å². The number of benzene rings is 1. The van der Waals surface area contributed by atoms with Gasteiger partial charge in [0.05, 0.1) is 5.56 Å². The highest BCUT2D eigenvalue weighted by Gasteiger charge is 2.37. The third-order valence-electron chi connectivity index (χ3n) is 7.00. The van der Waals surface area contributed by atoms with Gasteiger partial charge >= 0.3 is 0 Å². The number of hydrogen-bond acceptors (Lipinski definition) is 6. The Morgan fingerprint density at radius 3 is 2.47 bits per heavy atom. The normalized spacial score (nSPS) is 16.9. The maximum atomic E-state index is 13.2. The van der Waals surface area contributed by atoms with Crippen LogP contribution in [-0.4, -0.2) is 86.4 Å². The van der Waals surface area contributed by atoms with Crippen LogP contribution in [0.3, 0.4) is 0 Å². The van der Waals surface area contributed by atoms with Crippen molar-refractivity contribution in [2.45, 2.75) is 12.6 Å². The summed E-state index contributed by atoms with van der Waals surface area (Å²) >= 11 is 1.37. The standard InChI is InChI=1S/C26H25FN6O2S/c27-21-3-1-18(2-4-21)15-32-7-5-19-13-20(14-29-23(19)32)25(34)33-16-22(17-33)30-8-10-31(11-9-30)26(35)24-28-6-12-36-24/h1-7,12-14,22H,8-11,15-17H2. The minimum Gasteiger partial charge on any atom is -0.335 e. The summed E-state index contributed by atoms with van der Waals surface area (Å²) in [5.41, 5.74) is 2.36. The molecule has 5 heterocycles. The second-order valence-corrected chi connectivity index (χ2v) is 10.1. The number of carbonyl (C=O) groups is 2. The topological polar surface area (TPSA) is 74.6 Å². The molecule has 6 rings (SSSR count). The Kier molecular flexibility index (Phi) is 5.98. The van der Waals surface area contributed by atoms with Gasteiger partial charge in [-0.1, -0.05) is 12.1 Å². The van der Waals surface area contributed by atoms with Gasteiger partial charge in [0.1, 0.15) is 11.5 Å². The lowest BCUT2D eigenvalue weighted by Gasteiger charge is -2.48. The number of likely N-dealkylation sites (tertiary alicyclic amines) is 1. The SMILES string of the molecule is O=C(c1cnc2c(ccn2Cc2ccc(F)cc2)c1)N1CC(N2CCN(C(=O)c3nccs3)CC2)C1. The highest BCUT2D eigenvalue weighted by atomic mass is 32.1. The van der Waals surface area contributed by atoms with Gasteiger partial charge < -0.3 is 14.4 Å². The number of fused-ring (bicyclic) bond motifs is 1. The molecule has 0 saturated carbocycles. The number of halogens is 1. The summed E-state index contributed by atoms with van der Waals surface area (Å²) in [6.45, 7) is 4.92. The van der Waals surface area contributed by atoms with Crippen molar-refractivity contribution in [3.05, 3.63) is 82.3 Å². The van der Waals surface area contributed by atoms with Crippen molar-refractivity contribution in [3.8, 4) is 0 Å². The molecule has 8 nitrogen and oxygen atoms in total. The van der Waals surface area contributed by atoms with Gasteiger partial charge in [0.25, 0.3) is 11.8 Å². The molecule has 2 aliphatic rings. The molecule has 2 fully saturated rings. The second kappa shape index (κ2) is 9.44. The molecule has 2 aliphatic heterocycles. The molecule has 2 saturated heterocycles. The molecular formula is C26H25FN6O2S. The predicted molar refractivity (Wildman–Crippen MR) is 135 cm³/mol. The fourth-order valence-electron chi connectivity index (χ4n) is 4.90. The number of piperazine rings is 1. The molecule has 184 valence electrons. The predicted octanol–water partition coefficient (Wildman–Crippen LogP) is 2.96. The molecule has 0 spiro atoms. The van der Waals surface area contributed by atoms with Crippen LogP contribution < -0.4 is 0 Å². The van der Waals surface area contributed by atoms with E-state index in [1.165, 1.54) is 23.5 Å². The monoisotopic (exact) mass is 504 g/mol. The Morgan fingerprint density at radius 2 is 1.75 bits per heavy atom. The van der Waals surface area contributed by atoms with Crippen molar-refractivity contribution in [2.24, 2.45) is 0 Å². The van der Waals surface area contributed by atoms with Crippen LogP contribution in [0.2, 0.25) is 0 Å². The first kappa shape index (κ1) is 22.8. The first-order valence-electron chi connectivity index (χ1n) is 12.0. The van der Waals surface area contributed by atoms with E-state index in [1.807, 2.05) is 38.1 Å². The van der Waals surface area contributed by atoms with E-state index >= 15 is 0 Å². The maximum absolute atomic E-state index is 13.2. The zero-order valence-electron chi connectivity index (χ0n) is 19.6. The Labute approximate surface area is 211 Å². The number of nitrogens with zero attached hydrogens (tertiary/aromatic N) is 6. The molecular weight excluding hydrogens is 479 g/mol. The molecule has 4 aromatic rings. The van der Waals surface area contributed by atoms with Gasteiger partial charge in [-0.15, -0.1) is 11.3 Å². The van der Waals surface area contributed by atoms with Gasteiger partial charge in [0, 0.05) is 81.2 Å². The molecule has 1 aromatic carbocycles. The van der Waals surface area contributed by atoms with Crippen LogP contribution in [0.25, 0.3) is 11.0 Å². The number of rotatable bonds is 5. The smallest absolute Gasteiger partial charge is 0.282 e. The van der Waals surface area contributed by atoms with E-state index in [-0.39, 0.29) is 17.6 Å². The van der Waals surface area contributed by atoms with Crippen LogP contribution in [0.1, 0.15) is 25.7 Å². The Balaban J connectivity index is 1.04. The number of aromatic nitrogens is 3. The maximum Gasteiger partial charge on any atom is 0.282 e. The molecule has 0 N–H and O–H groups in total. The zero-order valence-corrected chi connectivity index (χ0v) is 20.4. The van der Waals surface area contributed by atoms with Crippen molar-refractivity contribution in [2.75, 3.05) is 39.3 Å². The molecule has 0 radical (unpaired) electrons. The quantitative estimate of drug-likeness (QED) is 0.418. The van der Waals surface area contributed by atoms with Gasteiger partial charge in [-0.25, -0.2) is 14.4 Å². The molecule has 0 atom stereocenters. The van der Waals surface area contributed by atoms with E-state index in [1.54, 1.807) is 24.5 Å². The van der Waals surface area contributed by atoms with E-state index in [9.17, 15) is 14.0 Å². The van der Waals surface area contributed by atoms with E-state index in [0.29, 0.717) is 49.3 Å². The summed E-state index contributed by atoms with van der Waals surface area (Å²) in [7, 11) is 0. The van der Waals surface area contributed by atoms with Crippen LogP contribution in [0.4, 0.5) is 4.39 Å². The lowest BCUT2D eigenvalue weighted by atomic mass is 10.0. The van der Waals surface area contributed by atoms with Crippen molar-refractivity contribution in [1.82, 2.24) is 29.2 Å². The molecule has 0 unspecified atom stereocenters.